The van der Waals surface area contributed by atoms with Crippen LogP contribution in [-0.2, 0) is 16.4 Å². The van der Waals surface area contributed by atoms with Crippen LogP contribution < -0.4 is 4.72 Å². The van der Waals surface area contributed by atoms with Crippen molar-refractivity contribution in [2.75, 3.05) is 10.1 Å². The average molecular weight is 375 g/mol. The number of hydrogen-bond donors (Lipinski definition) is 1. The zero-order valence-corrected chi connectivity index (χ0v) is 13.7. The molecule has 0 saturated carbocycles. The lowest BCUT2D eigenvalue weighted by Gasteiger charge is -2.09. The van der Waals surface area contributed by atoms with Crippen molar-refractivity contribution in [3.05, 3.63) is 59.1 Å². The first-order valence-electron chi connectivity index (χ1n) is 5.95. The Labute approximate surface area is 132 Å². The summed E-state index contributed by atoms with van der Waals surface area (Å²) in [4.78, 5) is 0.0752. The summed E-state index contributed by atoms with van der Waals surface area (Å²) >= 11 is 9.28. The number of alkyl halides is 1. The van der Waals surface area contributed by atoms with Gasteiger partial charge in [-0.25, -0.2) is 8.42 Å². The molecule has 3 nitrogen and oxygen atoms in total. The Morgan fingerprint density at radius 1 is 1.05 bits per heavy atom. The van der Waals surface area contributed by atoms with Crippen LogP contribution >= 0.6 is 27.5 Å². The van der Waals surface area contributed by atoms with E-state index in [-0.39, 0.29) is 9.92 Å². The van der Waals surface area contributed by atoms with E-state index in [4.69, 9.17) is 11.6 Å². The Hall–Kier alpha value is -1.04. The fraction of sp³-hybridized carbons (Fsp3) is 0.143. The highest BCUT2D eigenvalue weighted by Crippen LogP contribution is 2.23. The first-order valence-corrected chi connectivity index (χ1v) is 8.93. The van der Waals surface area contributed by atoms with Crippen molar-refractivity contribution in [2.24, 2.45) is 0 Å². The molecule has 0 spiro atoms. The predicted molar refractivity (Wildman–Crippen MR) is 86.2 cm³/mol. The van der Waals surface area contributed by atoms with E-state index in [0.717, 1.165) is 17.3 Å². The van der Waals surface area contributed by atoms with Crippen molar-refractivity contribution in [1.82, 2.24) is 0 Å². The maximum Gasteiger partial charge on any atom is 0.263 e. The van der Waals surface area contributed by atoms with E-state index in [1.165, 1.54) is 6.07 Å². The van der Waals surface area contributed by atoms with Crippen LogP contribution in [0.5, 0.6) is 0 Å². The van der Waals surface area contributed by atoms with Gasteiger partial charge in [0.1, 0.15) is 4.90 Å². The molecule has 0 atom stereocenters. The van der Waals surface area contributed by atoms with E-state index in [9.17, 15) is 8.42 Å². The van der Waals surface area contributed by atoms with Crippen molar-refractivity contribution < 1.29 is 8.42 Å². The van der Waals surface area contributed by atoms with Gasteiger partial charge in [-0.05, 0) is 36.2 Å². The molecule has 0 saturated heterocycles. The molecule has 20 heavy (non-hydrogen) atoms. The van der Waals surface area contributed by atoms with Crippen LogP contribution in [0, 0.1) is 0 Å². The molecule has 0 aliphatic rings. The second kappa shape index (κ2) is 6.61. The van der Waals surface area contributed by atoms with Gasteiger partial charge in [-0.1, -0.05) is 51.8 Å². The number of rotatable bonds is 5. The first kappa shape index (κ1) is 15.4. The standard InChI is InChI=1S/C14H13BrClNO2S/c15-10-9-11-5-7-12(8-6-11)17-20(18,19)14-4-2-1-3-13(14)16/h1-8,17H,9-10H2. The van der Waals surface area contributed by atoms with Crippen molar-refractivity contribution in [1.29, 1.82) is 0 Å². The minimum Gasteiger partial charge on any atom is -0.280 e. The van der Waals surface area contributed by atoms with Crippen LogP contribution in [0.1, 0.15) is 5.56 Å². The molecule has 0 bridgehead atoms. The summed E-state index contributed by atoms with van der Waals surface area (Å²) in [6.07, 6.45) is 0.900. The van der Waals surface area contributed by atoms with Gasteiger partial charge in [0.15, 0.2) is 0 Å². The topological polar surface area (TPSA) is 46.2 Å². The van der Waals surface area contributed by atoms with Gasteiger partial charge in [-0.3, -0.25) is 4.72 Å². The molecule has 0 radical (unpaired) electrons. The lowest BCUT2D eigenvalue weighted by Crippen LogP contribution is -2.13. The van der Waals surface area contributed by atoms with E-state index in [0.29, 0.717) is 5.69 Å². The van der Waals surface area contributed by atoms with Crippen molar-refractivity contribution in [3.8, 4) is 0 Å². The Balaban J connectivity index is 2.22. The van der Waals surface area contributed by atoms with E-state index in [2.05, 4.69) is 20.7 Å². The maximum absolute atomic E-state index is 12.2. The summed E-state index contributed by atoms with van der Waals surface area (Å²) in [6.45, 7) is 0. The third-order valence-corrected chi connectivity index (χ3v) is 4.99. The molecule has 1 N–H and O–H groups in total. The van der Waals surface area contributed by atoms with Crippen LogP contribution in [0.25, 0.3) is 0 Å². The van der Waals surface area contributed by atoms with E-state index in [1.54, 1.807) is 30.3 Å². The molecule has 6 heteroatoms. The fourth-order valence-electron chi connectivity index (χ4n) is 1.72. The predicted octanol–water partition coefficient (Wildman–Crippen LogP) is 4.08. The summed E-state index contributed by atoms with van der Waals surface area (Å²) in [5, 5.41) is 1.08. The molecule has 0 heterocycles. The van der Waals surface area contributed by atoms with Gasteiger partial charge in [-0.15, -0.1) is 0 Å². The molecule has 0 unspecified atom stereocenters. The van der Waals surface area contributed by atoms with Crippen LogP contribution in [0.4, 0.5) is 5.69 Å². The van der Waals surface area contributed by atoms with Crippen molar-refractivity contribution >= 4 is 43.2 Å². The highest BCUT2D eigenvalue weighted by atomic mass is 79.9. The molecular weight excluding hydrogens is 362 g/mol. The number of nitrogens with one attached hydrogen (secondary N) is 1. The van der Waals surface area contributed by atoms with Gasteiger partial charge in [0.25, 0.3) is 10.0 Å². The summed E-state index contributed by atoms with van der Waals surface area (Å²) in [7, 11) is -3.66. The largest absolute Gasteiger partial charge is 0.280 e. The fourth-order valence-corrected chi connectivity index (χ4v) is 3.76. The van der Waals surface area contributed by atoms with Gasteiger partial charge in [0.2, 0.25) is 0 Å². The Kier molecular flexibility index (Phi) is 5.07. The van der Waals surface area contributed by atoms with E-state index < -0.39 is 10.0 Å². The number of halogens is 2. The van der Waals surface area contributed by atoms with Crippen LogP contribution in [0.2, 0.25) is 5.02 Å². The number of aryl methyl sites for hydroxylation is 1. The zero-order chi connectivity index (χ0) is 14.6. The monoisotopic (exact) mass is 373 g/mol. The van der Waals surface area contributed by atoms with Gasteiger partial charge in [0.05, 0.1) is 5.02 Å². The molecule has 106 valence electrons. The quantitative estimate of drug-likeness (QED) is 0.802. The van der Waals surface area contributed by atoms with E-state index >= 15 is 0 Å². The Bertz CT molecular complexity index is 687. The molecule has 0 aromatic heterocycles. The SMILES string of the molecule is O=S(=O)(Nc1ccc(CCBr)cc1)c1ccccc1Cl. The number of sulfonamides is 1. The lowest BCUT2D eigenvalue weighted by atomic mass is 10.2. The number of benzene rings is 2. The zero-order valence-electron chi connectivity index (χ0n) is 10.5. The molecule has 2 aromatic rings. The molecule has 0 fully saturated rings. The highest BCUT2D eigenvalue weighted by molar-refractivity contribution is 9.09. The highest BCUT2D eigenvalue weighted by Gasteiger charge is 2.17. The van der Waals surface area contributed by atoms with Gasteiger partial charge in [-0.2, -0.15) is 0 Å². The first-order chi connectivity index (χ1) is 9.53. The Morgan fingerprint density at radius 3 is 2.30 bits per heavy atom. The van der Waals surface area contributed by atoms with Crippen LogP contribution in [-0.4, -0.2) is 13.7 Å². The average Bonchev–Trinajstić information content (AvgIpc) is 2.41. The van der Waals surface area contributed by atoms with Crippen LogP contribution in [0.15, 0.2) is 53.4 Å². The molecule has 2 aromatic carbocycles. The molecular formula is C14H13BrClNO2S. The number of hydrogen-bond acceptors (Lipinski definition) is 2. The maximum atomic E-state index is 12.2. The third kappa shape index (κ3) is 3.75. The lowest BCUT2D eigenvalue weighted by molar-refractivity contribution is 0.601. The summed E-state index contributed by atoms with van der Waals surface area (Å²) in [5.74, 6) is 0. The smallest absolute Gasteiger partial charge is 0.263 e. The summed E-state index contributed by atoms with van der Waals surface area (Å²) < 4.78 is 27.0. The summed E-state index contributed by atoms with van der Waals surface area (Å²) in [5.41, 5.74) is 1.66. The summed E-state index contributed by atoms with van der Waals surface area (Å²) in [6, 6.07) is 13.6. The number of anilines is 1. The van der Waals surface area contributed by atoms with Gasteiger partial charge < -0.3 is 0 Å². The normalized spacial score (nSPS) is 11.3. The Morgan fingerprint density at radius 2 is 1.70 bits per heavy atom. The molecule has 0 amide bonds. The second-order valence-electron chi connectivity index (χ2n) is 4.17. The van der Waals surface area contributed by atoms with Crippen molar-refractivity contribution in [2.45, 2.75) is 11.3 Å². The van der Waals surface area contributed by atoms with Gasteiger partial charge in [0, 0.05) is 11.0 Å². The molecule has 2 rings (SSSR count). The van der Waals surface area contributed by atoms with Crippen LogP contribution in [0.3, 0.4) is 0 Å². The minimum absolute atomic E-state index is 0.0752. The van der Waals surface area contributed by atoms with E-state index in [1.807, 2.05) is 12.1 Å². The van der Waals surface area contributed by atoms with Crippen molar-refractivity contribution in [3.63, 3.8) is 0 Å². The minimum atomic E-state index is -3.66. The second-order valence-corrected chi connectivity index (χ2v) is 7.02. The third-order valence-electron chi connectivity index (χ3n) is 2.72. The molecule has 0 aliphatic carbocycles. The molecule has 0 aliphatic heterocycles. The van der Waals surface area contributed by atoms with Gasteiger partial charge >= 0.3 is 0 Å².